The maximum atomic E-state index is 11.3. The molecule has 1 aromatic heterocycles. The zero-order valence-electron chi connectivity index (χ0n) is 14.1. The smallest absolute Gasteiger partial charge is 0.742 e. The van der Waals surface area contributed by atoms with Gasteiger partial charge < -0.3 is 8.97 Å². The van der Waals surface area contributed by atoms with Crippen LogP contribution in [0, 0.1) is 0 Å². The summed E-state index contributed by atoms with van der Waals surface area (Å²) in [6.07, 6.45) is 11.1. The number of unbranched alkanes of at least 4 members (excludes halogenated alkanes) is 5. The second-order valence-corrected chi connectivity index (χ2v) is 6.94. The molecule has 0 bridgehead atoms. The van der Waals surface area contributed by atoms with E-state index in [4.69, 9.17) is 4.42 Å². The number of furan rings is 1. The van der Waals surface area contributed by atoms with Gasteiger partial charge in [0, 0.05) is 5.56 Å². The minimum absolute atomic E-state index is 0. The van der Waals surface area contributed by atoms with Crippen LogP contribution in [0.2, 0.25) is 0 Å². The fourth-order valence-electron chi connectivity index (χ4n) is 2.71. The van der Waals surface area contributed by atoms with Crippen LogP contribution in [0.3, 0.4) is 0 Å². The molecule has 0 spiro atoms. The van der Waals surface area contributed by atoms with Crippen LogP contribution in [0.4, 0.5) is 0 Å². The van der Waals surface area contributed by atoms with Gasteiger partial charge in [-0.2, -0.15) is 0 Å². The third kappa shape index (κ3) is 7.64. The third-order valence-corrected chi connectivity index (χ3v) is 4.67. The molecule has 4 nitrogen and oxygen atoms in total. The molecule has 1 unspecified atom stereocenters. The summed E-state index contributed by atoms with van der Waals surface area (Å²) >= 11 is 0. The minimum Gasteiger partial charge on any atom is -0.742 e. The van der Waals surface area contributed by atoms with E-state index < -0.39 is 10.1 Å². The molecule has 0 aliphatic heterocycles. The zero-order valence-corrected chi connectivity index (χ0v) is 17.0. The van der Waals surface area contributed by atoms with Gasteiger partial charge in [-0.3, -0.25) is 0 Å². The third-order valence-electron chi connectivity index (χ3n) is 3.89. The van der Waals surface area contributed by atoms with Crippen LogP contribution in [-0.4, -0.2) is 13.0 Å². The standard InChI is InChI=1S/C16H28O4S.Na/c1-3-5-7-8-9-11-14(10-6-4-2)15-12-13-20-16(15)21(17,18)19;/h12-14H,3-11H2,1-2H3,(H,17,18,19);/q;+1/p-1. The molecule has 22 heavy (non-hydrogen) atoms. The van der Waals surface area contributed by atoms with Gasteiger partial charge in [0.25, 0.3) is 0 Å². The maximum Gasteiger partial charge on any atom is 1.00 e. The van der Waals surface area contributed by atoms with Gasteiger partial charge in [-0.1, -0.05) is 58.8 Å². The van der Waals surface area contributed by atoms with Crippen LogP contribution >= 0.6 is 0 Å². The summed E-state index contributed by atoms with van der Waals surface area (Å²) in [5.74, 6) is 0.115. The van der Waals surface area contributed by atoms with Crippen molar-refractivity contribution >= 4 is 10.1 Å². The van der Waals surface area contributed by atoms with E-state index in [0.29, 0.717) is 5.56 Å². The Morgan fingerprint density at radius 2 is 1.64 bits per heavy atom. The van der Waals surface area contributed by atoms with Gasteiger partial charge >= 0.3 is 29.6 Å². The van der Waals surface area contributed by atoms with Crippen LogP contribution in [0.1, 0.15) is 83.1 Å². The van der Waals surface area contributed by atoms with Crippen molar-refractivity contribution in [2.45, 2.75) is 82.6 Å². The molecule has 0 saturated carbocycles. The minimum atomic E-state index is -4.52. The summed E-state index contributed by atoms with van der Waals surface area (Å²) in [7, 11) is -4.52. The van der Waals surface area contributed by atoms with Crippen LogP contribution in [0.5, 0.6) is 0 Å². The number of hydrogen-bond donors (Lipinski definition) is 0. The van der Waals surface area contributed by atoms with Crippen LogP contribution in [0.25, 0.3) is 0 Å². The first kappa shape index (κ1) is 22.2. The topological polar surface area (TPSA) is 70.3 Å². The Labute approximate surface area is 157 Å². The average molecular weight is 338 g/mol. The van der Waals surface area contributed by atoms with Crippen molar-refractivity contribution in [3.05, 3.63) is 17.9 Å². The molecular formula is C16H27NaO4S. The molecule has 6 heteroatoms. The van der Waals surface area contributed by atoms with Crippen molar-refractivity contribution < 1.29 is 46.9 Å². The van der Waals surface area contributed by atoms with E-state index in [1.165, 1.54) is 25.5 Å². The molecule has 1 aromatic rings. The molecular weight excluding hydrogens is 311 g/mol. The van der Waals surface area contributed by atoms with Crippen molar-refractivity contribution in [1.82, 2.24) is 0 Å². The van der Waals surface area contributed by atoms with Crippen LogP contribution < -0.4 is 29.6 Å². The predicted octanol–water partition coefficient (Wildman–Crippen LogP) is 1.82. The number of rotatable bonds is 11. The summed E-state index contributed by atoms with van der Waals surface area (Å²) in [6.45, 7) is 4.29. The largest absolute Gasteiger partial charge is 1.00 e. The Kier molecular flexibility index (Phi) is 11.8. The molecule has 1 heterocycles. The van der Waals surface area contributed by atoms with Crippen molar-refractivity contribution in [2.24, 2.45) is 0 Å². The monoisotopic (exact) mass is 338 g/mol. The average Bonchev–Trinajstić information content (AvgIpc) is 2.91. The van der Waals surface area contributed by atoms with Crippen LogP contribution in [-0.2, 0) is 10.1 Å². The Morgan fingerprint density at radius 3 is 2.23 bits per heavy atom. The van der Waals surface area contributed by atoms with Gasteiger partial charge in [0.05, 0.1) is 6.26 Å². The second-order valence-electron chi connectivity index (χ2n) is 5.66. The van der Waals surface area contributed by atoms with E-state index in [-0.39, 0.29) is 40.6 Å². The van der Waals surface area contributed by atoms with E-state index in [0.717, 1.165) is 38.5 Å². The summed E-state index contributed by atoms with van der Waals surface area (Å²) < 4.78 is 38.7. The molecule has 0 aromatic carbocycles. The summed E-state index contributed by atoms with van der Waals surface area (Å²) in [5.41, 5.74) is 0.578. The second kappa shape index (κ2) is 11.7. The van der Waals surface area contributed by atoms with Gasteiger partial charge in [0.2, 0.25) is 5.09 Å². The van der Waals surface area contributed by atoms with E-state index >= 15 is 0 Å². The van der Waals surface area contributed by atoms with E-state index in [1.54, 1.807) is 6.07 Å². The van der Waals surface area contributed by atoms with Gasteiger partial charge in [-0.25, -0.2) is 8.42 Å². The van der Waals surface area contributed by atoms with Gasteiger partial charge in [-0.05, 0) is 24.8 Å². The van der Waals surface area contributed by atoms with Crippen molar-refractivity contribution in [3.8, 4) is 0 Å². The van der Waals surface area contributed by atoms with E-state index in [9.17, 15) is 13.0 Å². The summed E-state index contributed by atoms with van der Waals surface area (Å²) in [5, 5.41) is -0.378. The predicted molar refractivity (Wildman–Crippen MR) is 82.3 cm³/mol. The fourth-order valence-corrected chi connectivity index (χ4v) is 3.41. The maximum absolute atomic E-state index is 11.3. The molecule has 0 fully saturated rings. The fraction of sp³-hybridized carbons (Fsp3) is 0.750. The molecule has 1 atom stereocenters. The molecule has 0 amide bonds. The van der Waals surface area contributed by atoms with Crippen molar-refractivity contribution in [1.29, 1.82) is 0 Å². The van der Waals surface area contributed by atoms with Gasteiger partial charge in [-0.15, -0.1) is 0 Å². The Balaban J connectivity index is 0.00000441. The van der Waals surface area contributed by atoms with Crippen LogP contribution in [0.15, 0.2) is 21.8 Å². The first-order valence-corrected chi connectivity index (χ1v) is 9.44. The summed E-state index contributed by atoms with van der Waals surface area (Å²) in [6, 6.07) is 1.65. The van der Waals surface area contributed by atoms with Crippen molar-refractivity contribution in [3.63, 3.8) is 0 Å². The number of hydrogen-bond acceptors (Lipinski definition) is 4. The normalized spacial score (nSPS) is 12.9. The van der Waals surface area contributed by atoms with E-state index in [2.05, 4.69) is 13.8 Å². The quantitative estimate of drug-likeness (QED) is 0.351. The first-order chi connectivity index (χ1) is 10.0. The molecule has 0 N–H and O–H groups in total. The van der Waals surface area contributed by atoms with Gasteiger partial charge in [0.1, 0.15) is 0 Å². The first-order valence-electron chi connectivity index (χ1n) is 8.04. The molecule has 0 aliphatic rings. The Morgan fingerprint density at radius 1 is 1.05 bits per heavy atom. The molecule has 0 saturated heterocycles. The van der Waals surface area contributed by atoms with Crippen molar-refractivity contribution in [2.75, 3.05) is 0 Å². The molecule has 1 rings (SSSR count). The molecule has 0 aliphatic carbocycles. The summed E-state index contributed by atoms with van der Waals surface area (Å²) in [4.78, 5) is 0. The molecule has 0 radical (unpaired) electrons. The van der Waals surface area contributed by atoms with Gasteiger partial charge in [0.15, 0.2) is 10.1 Å². The zero-order chi connectivity index (χ0) is 15.7. The van der Waals surface area contributed by atoms with E-state index in [1.807, 2.05) is 0 Å². The molecule has 122 valence electrons. The Hall–Kier alpha value is 0.190. The SMILES string of the molecule is CCCCCCCC(CCCC)c1ccoc1S(=O)(=O)[O-].[Na+]. The Bertz CT molecular complexity index is 496.